The predicted octanol–water partition coefficient (Wildman–Crippen LogP) is 22.8. The lowest BCUT2D eigenvalue weighted by atomic mass is 9.95. The normalized spacial score (nSPS) is 13.3. The van der Waals surface area contributed by atoms with E-state index in [1.54, 1.807) is 0 Å². The summed E-state index contributed by atoms with van der Waals surface area (Å²) in [5.41, 5.74) is 23.3. The van der Waals surface area contributed by atoms with Crippen molar-refractivity contribution in [3.8, 4) is 56.3 Å². The van der Waals surface area contributed by atoms with Crippen molar-refractivity contribution in [2.75, 3.05) is 0 Å². The topological polar surface area (TPSA) is 32.6 Å². The molecule has 0 unspecified atom stereocenters. The minimum absolute atomic E-state index is 0.986. The zero-order chi connectivity index (χ0) is 58.7. The maximum absolute atomic E-state index is 5.15. The monoisotopic (exact) mass is 1180 g/mol. The van der Waals surface area contributed by atoms with Crippen LogP contribution in [0.1, 0.15) is 35.4 Å². The predicted molar refractivity (Wildman–Crippen MR) is 383 cm³/mol. The van der Waals surface area contributed by atoms with Gasteiger partial charge in [0.25, 0.3) is 0 Å². The molecule has 0 bridgehead atoms. The van der Waals surface area contributed by atoms with Crippen molar-refractivity contribution in [3.05, 3.63) is 284 Å². The fourth-order valence-electron chi connectivity index (χ4n) is 15.7. The number of rotatable bonds is 7. The summed E-state index contributed by atoms with van der Waals surface area (Å²) in [5, 5.41) is 12.7. The summed E-state index contributed by atoms with van der Waals surface area (Å²) in [7, 11) is 0. The van der Waals surface area contributed by atoms with E-state index in [2.05, 4.69) is 285 Å². The smallest absolute Gasteiger partial charge is 0.155 e. The Hall–Kier alpha value is -10.8. The van der Waals surface area contributed by atoms with Crippen molar-refractivity contribution >= 4 is 141 Å². The van der Waals surface area contributed by atoms with Crippen molar-refractivity contribution in [1.29, 1.82) is 0 Å². The number of pyridine rings is 1. The number of fused-ring (bicyclic) bond motifs is 18. The third-order valence-electron chi connectivity index (χ3n) is 19.6. The van der Waals surface area contributed by atoms with E-state index in [0.29, 0.717) is 0 Å². The number of aromatic nitrogens is 5. The van der Waals surface area contributed by atoms with Crippen molar-refractivity contribution in [2.24, 2.45) is 0 Å². The van der Waals surface area contributed by atoms with Crippen molar-refractivity contribution in [3.63, 3.8) is 0 Å². The molecule has 7 heterocycles. The zero-order valence-corrected chi connectivity index (χ0v) is 50.5. The zero-order valence-electron chi connectivity index (χ0n) is 48.9. The van der Waals surface area contributed by atoms with Crippen LogP contribution in [0.2, 0.25) is 0 Å². The first-order valence-electron chi connectivity index (χ1n) is 31.3. The highest BCUT2D eigenvalue weighted by molar-refractivity contribution is 7.26. The summed E-state index contributed by atoms with van der Waals surface area (Å²) in [6.45, 7) is 0. The van der Waals surface area contributed by atoms with E-state index in [1.165, 1.54) is 162 Å². The van der Waals surface area contributed by atoms with E-state index in [4.69, 9.17) is 4.98 Å². The van der Waals surface area contributed by atoms with Crippen molar-refractivity contribution < 1.29 is 0 Å². The van der Waals surface area contributed by atoms with E-state index in [1.807, 2.05) is 28.9 Å². The average molecular weight is 1180 g/mol. The van der Waals surface area contributed by atoms with Crippen molar-refractivity contribution in [2.45, 2.75) is 25.7 Å². The van der Waals surface area contributed by atoms with E-state index in [-0.39, 0.29) is 0 Å². The lowest BCUT2D eigenvalue weighted by Crippen LogP contribution is -2.02. The minimum atomic E-state index is 0.986. The number of benzene rings is 11. The third kappa shape index (κ3) is 7.21. The number of para-hydroxylation sites is 3. The highest BCUT2D eigenvalue weighted by Crippen LogP contribution is 2.48. The Morgan fingerprint density at radius 3 is 1.56 bits per heavy atom. The minimum Gasteiger partial charge on any atom is -0.310 e. The van der Waals surface area contributed by atoms with Crippen molar-refractivity contribution in [1.82, 2.24) is 23.3 Å². The van der Waals surface area contributed by atoms with Crippen LogP contribution in [0.4, 0.5) is 0 Å². The molecule has 7 aromatic heterocycles. The van der Waals surface area contributed by atoms with Gasteiger partial charge in [0.2, 0.25) is 0 Å². The molecule has 0 spiro atoms. The number of hydrogen-bond donors (Lipinski definition) is 0. The number of allylic oxidation sites excluding steroid dienone is 2. The molecule has 0 atom stereocenters. The van der Waals surface area contributed by atoms with Gasteiger partial charge < -0.3 is 13.7 Å². The first-order chi connectivity index (χ1) is 44.7. The standard InChI is InChI=1S/C83H53N5S2/c1-8-33-70-57(22-1)58-23-2-9-34-71(58)88(70)83-82-64(44-45-84-83)68-49-55(41-43-78(68)90-82)87-73-36-11-5-27-66(73)80-62(30-17-38-76(80)87)61-29-16-37-75-79(61)65-26-4-10-35-72(65)86(75)54-40-42-74-67(48-54)59-24-3-7-32-69(59)85(74)53-21-14-19-51(47-53)50-18-13-20-52(46-50)56-28-15-31-63-60-25-6-12-39-77(60)89-81(56)63/h1,4-22,25-49H,2-3,23-24H2. The van der Waals surface area contributed by atoms with E-state index < -0.39 is 0 Å². The Morgan fingerprint density at radius 2 is 0.811 bits per heavy atom. The Labute approximate surface area is 525 Å². The molecule has 0 saturated heterocycles. The largest absolute Gasteiger partial charge is 0.310 e. The molecule has 0 amide bonds. The fourth-order valence-corrected chi connectivity index (χ4v) is 18.1. The Morgan fingerprint density at radius 1 is 0.311 bits per heavy atom. The molecule has 20 rings (SSSR count). The van der Waals surface area contributed by atoms with Gasteiger partial charge in [-0.05, 0) is 179 Å². The number of thiophene rings is 2. The van der Waals surface area contributed by atoms with Gasteiger partial charge in [0.15, 0.2) is 5.82 Å². The molecule has 0 radical (unpaired) electrons. The summed E-state index contributed by atoms with van der Waals surface area (Å²) in [6.07, 6.45) is 15.4. The second kappa shape index (κ2) is 19.3. The first kappa shape index (κ1) is 50.2. The second-order valence-electron chi connectivity index (χ2n) is 24.3. The number of hydrogen-bond acceptors (Lipinski definition) is 3. The molecule has 11 aromatic carbocycles. The van der Waals surface area contributed by atoms with E-state index in [0.717, 1.165) is 48.6 Å². The van der Waals surface area contributed by atoms with Gasteiger partial charge >= 0.3 is 0 Å². The third-order valence-corrected chi connectivity index (χ3v) is 22.0. The molecule has 0 saturated carbocycles. The van der Waals surface area contributed by atoms with Crippen LogP contribution in [0.25, 0.3) is 174 Å². The fraction of sp³-hybridized carbons (Fsp3) is 0.0482. The summed E-state index contributed by atoms with van der Waals surface area (Å²) in [5.74, 6) is 1.00. The Kier molecular flexibility index (Phi) is 10.8. The van der Waals surface area contributed by atoms with E-state index in [9.17, 15) is 0 Å². The average Bonchev–Trinajstić information content (AvgIpc) is 1.58. The van der Waals surface area contributed by atoms with Gasteiger partial charge in [-0.25, -0.2) is 4.98 Å². The second-order valence-corrected chi connectivity index (χ2v) is 26.4. The van der Waals surface area contributed by atoms with Crippen LogP contribution < -0.4 is 0 Å². The van der Waals surface area contributed by atoms with Gasteiger partial charge in [-0.2, -0.15) is 0 Å². The summed E-state index contributed by atoms with van der Waals surface area (Å²) in [4.78, 5) is 5.15. The Bertz CT molecular complexity index is 6180. The van der Waals surface area contributed by atoms with Crippen LogP contribution >= 0.6 is 22.7 Å². The lowest BCUT2D eigenvalue weighted by Gasteiger charge is -2.14. The molecule has 0 aliphatic heterocycles. The molecule has 2 aliphatic rings. The molecule has 5 nitrogen and oxygen atoms in total. The molecule has 0 N–H and O–H groups in total. The van der Waals surface area contributed by atoms with Crippen LogP contribution in [0.15, 0.2) is 261 Å². The van der Waals surface area contributed by atoms with Gasteiger partial charge in [0, 0.05) is 96.9 Å². The van der Waals surface area contributed by atoms with Crippen LogP contribution in [-0.4, -0.2) is 23.3 Å². The summed E-state index contributed by atoms with van der Waals surface area (Å²) >= 11 is 3.73. The first-order valence-corrected chi connectivity index (χ1v) is 32.9. The molecule has 0 fully saturated rings. The number of nitrogens with zero attached hydrogens (tertiary/aromatic N) is 5. The lowest BCUT2D eigenvalue weighted by molar-refractivity contribution is 0.958. The van der Waals surface area contributed by atoms with Crippen LogP contribution in [0, 0.1) is 0 Å². The van der Waals surface area contributed by atoms with Crippen LogP contribution in [-0.2, 0) is 12.8 Å². The number of aryl methyl sites for hydroxylation is 2. The van der Waals surface area contributed by atoms with Crippen LogP contribution in [0.3, 0.4) is 0 Å². The maximum atomic E-state index is 5.15. The summed E-state index contributed by atoms with van der Waals surface area (Å²) < 4.78 is 15.0. The molecule has 422 valence electrons. The molecule has 2 aliphatic carbocycles. The van der Waals surface area contributed by atoms with E-state index >= 15 is 0 Å². The molecule has 18 aromatic rings. The molecule has 7 heteroatoms. The molecular formula is C83H53N5S2. The van der Waals surface area contributed by atoms with Crippen LogP contribution in [0.5, 0.6) is 0 Å². The van der Waals surface area contributed by atoms with Gasteiger partial charge in [0.05, 0.1) is 43.5 Å². The quantitative estimate of drug-likeness (QED) is 0.157. The Balaban J connectivity index is 0.708. The van der Waals surface area contributed by atoms with Gasteiger partial charge in [0.1, 0.15) is 0 Å². The molecule has 90 heavy (non-hydrogen) atoms. The SMILES string of the molecule is C1=Cc2c(c3cc(-n4c5ccccc5c5c(-c6cccc7c6c6ccccc6n7-c6ccc7sc8c(-n9c%10c(c%11ccccc%119)CCC=C%10)nccc8c7c6)cccc54)ccc3n2-c2cccc(-c3cccc(-c4cccc5c4sc4ccccc45)c3)c2)CC1. The van der Waals surface area contributed by atoms with Gasteiger partial charge in [-0.3, -0.25) is 4.57 Å². The van der Waals surface area contributed by atoms with Gasteiger partial charge in [-0.15, -0.1) is 22.7 Å². The highest BCUT2D eigenvalue weighted by Gasteiger charge is 2.26. The molecular weight excluding hydrogens is 1130 g/mol. The highest BCUT2D eigenvalue weighted by atomic mass is 32.1. The van der Waals surface area contributed by atoms with Gasteiger partial charge in [-0.1, -0.05) is 158 Å². The summed E-state index contributed by atoms with van der Waals surface area (Å²) in [6, 6.07) is 90.9. The maximum Gasteiger partial charge on any atom is 0.155 e.